The highest BCUT2D eigenvalue weighted by Crippen LogP contribution is 2.26. The second-order valence-electron chi connectivity index (χ2n) is 9.34. The molecule has 10 nitrogen and oxygen atoms in total. The Morgan fingerprint density at radius 3 is 2.45 bits per heavy atom. The van der Waals surface area contributed by atoms with Crippen molar-refractivity contribution in [1.29, 1.82) is 0 Å². The van der Waals surface area contributed by atoms with Crippen LogP contribution in [0, 0.1) is 0 Å². The first-order valence-corrected chi connectivity index (χ1v) is 12.8. The first kappa shape index (κ1) is 25.4. The number of nitrogens with one attached hydrogen (secondary N) is 3. The number of fused-ring (bicyclic) bond motifs is 1. The molecule has 1 fully saturated rings. The van der Waals surface area contributed by atoms with E-state index in [1.54, 1.807) is 24.4 Å². The van der Waals surface area contributed by atoms with Gasteiger partial charge in [0.15, 0.2) is 0 Å². The molecule has 1 aromatic carbocycles. The number of aromatic amines is 1. The lowest BCUT2D eigenvalue weighted by atomic mass is 10.1. The number of aromatic carboxylic acids is 1. The van der Waals surface area contributed by atoms with Crippen LogP contribution in [0.5, 0.6) is 0 Å². The SMILES string of the molecule is CCN1CCN(CCc2ccc(Nc3nc(Nc4ccc(C(=O)O)cn4)cc4cc[nH]c(=O)c34)cc2)CC1. The number of pyridine rings is 3. The van der Waals surface area contributed by atoms with Gasteiger partial charge in [0.05, 0.1) is 10.9 Å². The lowest BCUT2D eigenvalue weighted by molar-refractivity contribution is 0.0696. The van der Waals surface area contributed by atoms with Crippen LogP contribution in [0.1, 0.15) is 22.8 Å². The van der Waals surface area contributed by atoms with Gasteiger partial charge in [-0.1, -0.05) is 19.1 Å². The van der Waals surface area contributed by atoms with Crippen LogP contribution in [0.25, 0.3) is 10.8 Å². The van der Waals surface area contributed by atoms with Gasteiger partial charge in [-0.2, -0.15) is 0 Å². The molecular weight excluding hydrogens is 482 g/mol. The lowest BCUT2D eigenvalue weighted by Crippen LogP contribution is -2.46. The normalized spacial score (nSPS) is 14.4. The lowest BCUT2D eigenvalue weighted by Gasteiger charge is -2.34. The van der Waals surface area contributed by atoms with E-state index in [2.05, 4.69) is 54.4 Å². The third kappa shape index (κ3) is 5.99. The molecule has 0 radical (unpaired) electrons. The number of piperazine rings is 1. The van der Waals surface area contributed by atoms with Crippen molar-refractivity contribution in [1.82, 2.24) is 24.8 Å². The van der Waals surface area contributed by atoms with Gasteiger partial charge in [-0.15, -0.1) is 0 Å². The molecular formula is C28H31N7O3. The van der Waals surface area contributed by atoms with Gasteiger partial charge in [-0.05, 0) is 60.3 Å². The van der Waals surface area contributed by atoms with Crippen molar-refractivity contribution >= 4 is 39.9 Å². The topological polar surface area (TPSA) is 126 Å². The summed E-state index contributed by atoms with van der Waals surface area (Å²) in [6.07, 6.45) is 3.86. The number of carboxylic acid groups (broad SMARTS) is 1. The summed E-state index contributed by atoms with van der Waals surface area (Å²) in [6, 6.07) is 14.8. The average Bonchev–Trinajstić information content (AvgIpc) is 2.93. The Kier molecular flexibility index (Phi) is 7.62. The second-order valence-corrected chi connectivity index (χ2v) is 9.34. The Balaban J connectivity index is 1.31. The molecule has 5 rings (SSSR count). The molecule has 38 heavy (non-hydrogen) atoms. The van der Waals surface area contributed by atoms with Crippen molar-refractivity contribution in [3.05, 3.63) is 82.4 Å². The predicted molar refractivity (Wildman–Crippen MR) is 149 cm³/mol. The Hall–Kier alpha value is -4.28. The summed E-state index contributed by atoms with van der Waals surface area (Å²) in [5.74, 6) is 0.286. The Morgan fingerprint density at radius 2 is 1.76 bits per heavy atom. The molecule has 1 aliphatic rings. The molecule has 0 spiro atoms. The second kappa shape index (κ2) is 11.4. The summed E-state index contributed by atoms with van der Waals surface area (Å²) in [6.45, 7) is 8.88. The van der Waals surface area contributed by atoms with Crippen LogP contribution in [-0.2, 0) is 6.42 Å². The van der Waals surface area contributed by atoms with Crippen LogP contribution in [0.4, 0.5) is 23.1 Å². The zero-order valence-electron chi connectivity index (χ0n) is 21.3. The number of carboxylic acids is 1. The molecule has 1 saturated heterocycles. The number of H-pyrrole nitrogens is 1. The molecule has 0 unspecified atom stereocenters. The number of nitrogens with zero attached hydrogens (tertiary/aromatic N) is 4. The monoisotopic (exact) mass is 513 g/mol. The molecule has 0 atom stereocenters. The predicted octanol–water partition coefficient (Wildman–Crippen LogP) is 3.68. The van der Waals surface area contributed by atoms with Crippen LogP contribution < -0.4 is 16.2 Å². The van der Waals surface area contributed by atoms with E-state index in [1.807, 2.05) is 12.1 Å². The number of carbonyl (C=O) groups is 1. The quantitative estimate of drug-likeness (QED) is 0.265. The highest BCUT2D eigenvalue weighted by Gasteiger charge is 2.15. The van der Waals surface area contributed by atoms with Gasteiger partial charge in [-0.3, -0.25) is 4.79 Å². The van der Waals surface area contributed by atoms with Crippen molar-refractivity contribution in [2.24, 2.45) is 0 Å². The molecule has 10 heteroatoms. The molecule has 0 aliphatic carbocycles. The summed E-state index contributed by atoms with van der Waals surface area (Å²) in [5, 5.41) is 16.6. The molecule has 4 aromatic rings. The number of aromatic nitrogens is 3. The highest BCUT2D eigenvalue weighted by molar-refractivity contribution is 5.94. The first-order valence-electron chi connectivity index (χ1n) is 12.8. The Bertz CT molecular complexity index is 1460. The van der Waals surface area contributed by atoms with Gasteiger partial charge in [0, 0.05) is 50.8 Å². The number of rotatable bonds is 9. The van der Waals surface area contributed by atoms with E-state index in [4.69, 9.17) is 5.11 Å². The summed E-state index contributed by atoms with van der Waals surface area (Å²) in [4.78, 5) is 40.3. The van der Waals surface area contributed by atoms with Crippen LogP contribution in [0.2, 0.25) is 0 Å². The van der Waals surface area contributed by atoms with Crippen molar-refractivity contribution in [2.45, 2.75) is 13.3 Å². The van der Waals surface area contributed by atoms with Gasteiger partial charge in [0.1, 0.15) is 17.5 Å². The standard InChI is InChI=1S/C28H31N7O3/c1-2-34-13-15-35(16-14-34)12-10-19-3-6-22(7-4-19)31-26-25-20(9-11-29-27(25)36)17-24(33-26)32-23-8-5-21(18-30-23)28(37)38/h3-9,11,17-18H,2,10,12-16H2,1H3,(H,29,36)(H,37,38)(H2,30,31,32,33). The number of hydrogen-bond acceptors (Lipinski definition) is 8. The molecule has 0 saturated carbocycles. The van der Waals surface area contributed by atoms with Crippen molar-refractivity contribution in [3.63, 3.8) is 0 Å². The highest BCUT2D eigenvalue weighted by atomic mass is 16.4. The van der Waals surface area contributed by atoms with E-state index in [0.717, 1.165) is 51.4 Å². The fraction of sp³-hybridized carbons (Fsp3) is 0.286. The summed E-state index contributed by atoms with van der Waals surface area (Å²) >= 11 is 0. The smallest absolute Gasteiger partial charge is 0.337 e. The minimum absolute atomic E-state index is 0.0958. The van der Waals surface area contributed by atoms with E-state index in [1.165, 1.54) is 17.8 Å². The summed E-state index contributed by atoms with van der Waals surface area (Å²) in [7, 11) is 0. The van der Waals surface area contributed by atoms with Crippen molar-refractivity contribution in [3.8, 4) is 0 Å². The van der Waals surface area contributed by atoms with E-state index in [-0.39, 0.29) is 11.1 Å². The number of benzene rings is 1. The molecule has 4 N–H and O–H groups in total. The maximum absolute atomic E-state index is 12.7. The maximum atomic E-state index is 12.7. The van der Waals surface area contributed by atoms with E-state index >= 15 is 0 Å². The third-order valence-electron chi connectivity index (χ3n) is 6.87. The molecule has 3 aromatic heterocycles. The van der Waals surface area contributed by atoms with E-state index in [9.17, 15) is 9.59 Å². The van der Waals surface area contributed by atoms with Crippen molar-refractivity contribution < 1.29 is 9.90 Å². The molecule has 4 heterocycles. The van der Waals surface area contributed by atoms with Gasteiger partial charge >= 0.3 is 5.97 Å². The summed E-state index contributed by atoms with van der Waals surface area (Å²) < 4.78 is 0. The van der Waals surface area contributed by atoms with Gasteiger partial charge in [0.2, 0.25) is 0 Å². The Labute approximate surface area is 220 Å². The van der Waals surface area contributed by atoms with Crippen LogP contribution in [0.15, 0.2) is 65.7 Å². The fourth-order valence-corrected chi connectivity index (χ4v) is 4.60. The van der Waals surface area contributed by atoms with Gasteiger partial charge in [0.25, 0.3) is 5.56 Å². The van der Waals surface area contributed by atoms with Crippen LogP contribution >= 0.6 is 0 Å². The fourth-order valence-electron chi connectivity index (χ4n) is 4.60. The largest absolute Gasteiger partial charge is 0.478 e. The zero-order valence-corrected chi connectivity index (χ0v) is 21.3. The number of anilines is 4. The van der Waals surface area contributed by atoms with Gasteiger partial charge < -0.3 is 30.5 Å². The van der Waals surface area contributed by atoms with E-state index < -0.39 is 5.97 Å². The molecule has 0 amide bonds. The van der Waals surface area contributed by atoms with Gasteiger partial charge in [-0.25, -0.2) is 14.8 Å². The van der Waals surface area contributed by atoms with E-state index in [0.29, 0.717) is 28.2 Å². The molecule has 0 bridgehead atoms. The molecule has 196 valence electrons. The third-order valence-corrected chi connectivity index (χ3v) is 6.87. The zero-order chi connectivity index (χ0) is 26.5. The molecule has 1 aliphatic heterocycles. The first-order chi connectivity index (χ1) is 18.5. The maximum Gasteiger partial charge on any atom is 0.337 e. The minimum atomic E-state index is -1.04. The minimum Gasteiger partial charge on any atom is -0.478 e. The summed E-state index contributed by atoms with van der Waals surface area (Å²) in [5.41, 5.74) is 1.94. The number of hydrogen-bond donors (Lipinski definition) is 4. The number of likely N-dealkylation sites (N-methyl/N-ethyl adjacent to an activating group) is 1. The van der Waals surface area contributed by atoms with Crippen LogP contribution in [0.3, 0.4) is 0 Å². The van der Waals surface area contributed by atoms with Crippen molar-refractivity contribution in [2.75, 3.05) is 49.9 Å². The van der Waals surface area contributed by atoms with Crippen LogP contribution in [-0.4, -0.2) is 75.1 Å². The average molecular weight is 514 g/mol. The Morgan fingerprint density at radius 1 is 1.00 bits per heavy atom.